The highest BCUT2D eigenvalue weighted by Gasteiger charge is 2.21. The number of nitro benzene ring substituents is 1. The highest BCUT2D eigenvalue weighted by molar-refractivity contribution is 9.09. The van der Waals surface area contributed by atoms with E-state index in [0.29, 0.717) is 12.2 Å². The first-order valence-corrected chi connectivity index (χ1v) is 8.09. The highest BCUT2D eigenvalue weighted by atomic mass is 79.9. The van der Waals surface area contributed by atoms with Gasteiger partial charge in [-0.1, -0.05) is 28.1 Å². The van der Waals surface area contributed by atoms with Crippen LogP contribution in [0, 0.1) is 10.1 Å². The second kappa shape index (κ2) is 8.21. The summed E-state index contributed by atoms with van der Waals surface area (Å²) in [4.78, 5) is 22.9. The standard InChI is InChI=1S/C14H18BrN3O4/c15-13(11-1-3-12(4-2-11)18(20)21)14(19)22-10-9-17-7-5-16-6-8-17/h1-4,13,16H,5-10H2/p+1. The van der Waals surface area contributed by atoms with E-state index < -0.39 is 9.75 Å². The van der Waals surface area contributed by atoms with Crippen molar-refractivity contribution in [2.45, 2.75) is 4.83 Å². The van der Waals surface area contributed by atoms with Crippen LogP contribution in [0.5, 0.6) is 0 Å². The molecule has 2 rings (SSSR count). The minimum absolute atomic E-state index is 0.000810. The van der Waals surface area contributed by atoms with Gasteiger partial charge in [0, 0.05) is 25.2 Å². The molecule has 0 amide bonds. The quantitative estimate of drug-likeness (QED) is 0.319. The molecule has 1 unspecified atom stereocenters. The van der Waals surface area contributed by atoms with E-state index in [-0.39, 0.29) is 11.7 Å². The molecule has 0 spiro atoms. The van der Waals surface area contributed by atoms with Crippen molar-refractivity contribution < 1.29 is 19.4 Å². The number of carbonyl (C=O) groups is 1. The Kier molecular flexibility index (Phi) is 6.29. The van der Waals surface area contributed by atoms with Crippen molar-refractivity contribution in [3.05, 3.63) is 39.9 Å². The molecular weight excluding hydrogens is 354 g/mol. The summed E-state index contributed by atoms with van der Waals surface area (Å²) in [5.74, 6) is -0.372. The molecule has 1 saturated heterocycles. The van der Waals surface area contributed by atoms with E-state index in [2.05, 4.69) is 21.2 Å². The van der Waals surface area contributed by atoms with Crippen LogP contribution in [0.4, 0.5) is 5.69 Å². The van der Waals surface area contributed by atoms with Crippen molar-refractivity contribution in [1.29, 1.82) is 0 Å². The molecule has 0 aromatic heterocycles. The van der Waals surface area contributed by atoms with Gasteiger partial charge in [-0.05, 0) is 5.56 Å². The fourth-order valence-corrected chi connectivity index (χ4v) is 2.74. The van der Waals surface area contributed by atoms with Gasteiger partial charge in [-0.3, -0.25) is 14.9 Å². The van der Waals surface area contributed by atoms with Crippen LogP contribution in [0.25, 0.3) is 0 Å². The number of hydrogen-bond acceptors (Lipinski definition) is 5. The molecule has 0 saturated carbocycles. The van der Waals surface area contributed by atoms with Crippen LogP contribution < -0.4 is 10.2 Å². The molecule has 0 bridgehead atoms. The molecule has 1 heterocycles. The summed E-state index contributed by atoms with van der Waals surface area (Å²) in [6, 6.07) is 5.87. The summed E-state index contributed by atoms with van der Waals surface area (Å²) in [7, 11) is 0. The van der Waals surface area contributed by atoms with Crippen LogP contribution in [0.3, 0.4) is 0 Å². The summed E-state index contributed by atoms with van der Waals surface area (Å²) in [6.45, 7) is 5.24. The number of rotatable bonds is 6. The lowest BCUT2D eigenvalue weighted by molar-refractivity contribution is -0.902. The van der Waals surface area contributed by atoms with Gasteiger partial charge in [-0.15, -0.1) is 0 Å². The second-order valence-corrected chi connectivity index (χ2v) is 6.04. The number of nitro groups is 1. The van der Waals surface area contributed by atoms with Gasteiger partial charge >= 0.3 is 5.97 Å². The number of esters is 1. The molecule has 1 aromatic rings. The predicted molar refractivity (Wildman–Crippen MR) is 84.2 cm³/mol. The highest BCUT2D eigenvalue weighted by Crippen LogP contribution is 2.25. The van der Waals surface area contributed by atoms with Crippen molar-refractivity contribution in [3.8, 4) is 0 Å². The third kappa shape index (κ3) is 4.75. The normalized spacial score (nSPS) is 17.0. The number of hydrogen-bond donors (Lipinski definition) is 2. The zero-order valence-electron chi connectivity index (χ0n) is 12.1. The lowest BCUT2D eigenvalue weighted by Crippen LogP contribution is -3.15. The summed E-state index contributed by atoms with van der Waals surface area (Å²) >= 11 is 3.28. The maximum Gasteiger partial charge on any atom is 0.324 e. The van der Waals surface area contributed by atoms with Gasteiger partial charge in [-0.25, -0.2) is 0 Å². The van der Waals surface area contributed by atoms with Crippen LogP contribution >= 0.6 is 15.9 Å². The van der Waals surface area contributed by atoms with Gasteiger partial charge in [0.05, 0.1) is 18.0 Å². The van der Waals surface area contributed by atoms with Gasteiger partial charge in [0.2, 0.25) is 0 Å². The van der Waals surface area contributed by atoms with Crippen LogP contribution in [-0.4, -0.2) is 50.2 Å². The first-order chi connectivity index (χ1) is 10.6. The Morgan fingerprint density at radius 2 is 2.00 bits per heavy atom. The fraction of sp³-hybridized carbons (Fsp3) is 0.500. The van der Waals surface area contributed by atoms with Gasteiger partial charge in [0.1, 0.15) is 18.0 Å². The number of nitrogens with one attached hydrogen (secondary N) is 2. The second-order valence-electron chi connectivity index (χ2n) is 5.13. The van der Waals surface area contributed by atoms with E-state index in [0.717, 1.165) is 32.7 Å². The molecule has 8 heteroatoms. The molecule has 2 N–H and O–H groups in total. The van der Waals surface area contributed by atoms with Crippen LogP contribution in [-0.2, 0) is 9.53 Å². The molecule has 1 atom stereocenters. The Labute approximate surface area is 136 Å². The van der Waals surface area contributed by atoms with Crippen molar-refractivity contribution in [3.63, 3.8) is 0 Å². The molecule has 120 valence electrons. The molecule has 1 fully saturated rings. The average molecular weight is 373 g/mol. The number of benzene rings is 1. The third-order valence-corrected chi connectivity index (χ3v) is 4.52. The van der Waals surface area contributed by atoms with Gasteiger partial charge in [0.25, 0.3) is 5.69 Å². The topological polar surface area (TPSA) is 85.9 Å². The summed E-state index contributed by atoms with van der Waals surface area (Å²) in [5.41, 5.74) is 0.643. The summed E-state index contributed by atoms with van der Waals surface area (Å²) < 4.78 is 5.28. The lowest BCUT2D eigenvalue weighted by atomic mass is 10.1. The van der Waals surface area contributed by atoms with E-state index in [1.807, 2.05) is 0 Å². The first-order valence-electron chi connectivity index (χ1n) is 7.17. The number of nitrogens with zero attached hydrogens (tertiary/aromatic N) is 1. The maximum absolute atomic E-state index is 12.0. The summed E-state index contributed by atoms with van der Waals surface area (Å²) in [5, 5.41) is 13.9. The zero-order valence-corrected chi connectivity index (χ0v) is 13.7. The Morgan fingerprint density at radius 1 is 1.36 bits per heavy atom. The van der Waals surface area contributed by atoms with E-state index in [1.165, 1.54) is 17.0 Å². The number of ether oxygens (including phenoxy) is 1. The number of piperazine rings is 1. The van der Waals surface area contributed by atoms with Gasteiger partial charge in [0.15, 0.2) is 0 Å². The SMILES string of the molecule is O=C(OCC[NH+]1CCNCC1)C(Br)c1ccc([N+](=O)[O-])cc1. The van der Waals surface area contributed by atoms with E-state index in [4.69, 9.17) is 4.74 Å². The lowest BCUT2D eigenvalue weighted by Gasteiger charge is -2.24. The zero-order chi connectivity index (χ0) is 15.9. The molecule has 1 aliphatic rings. The van der Waals surface area contributed by atoms with Crippen molar-refractivity contribution in [2.75, 3.05) is 39.3 Å². The van der Waals surface area contributed by atoms with Crippen molar-refractivity contribution >= 4 is 27.6 Å². The smallest absolute Gasteiger partial charge is 0.324 e. The van der Waals surface area contributed by atoms with E-state index in [1.54, 1.807) is 12.1 Å². The van der Waals surface area contributed by atoms with Crippen molar-refractivity contribution in [1.82, 2.24) is 5.32 Å². The Bertz CT molecular complexity index is 517. The average Bonchev–Trinajstić information content (AvgIpc) is 2.55. The predicted octanol–water partition coefficient (Wildman–Crippen LogP) is 0.0621. The number of quaternary nitrogens is 1. The molecule has 1 aromatic carbocycles. The van der Waals surface area contributed by atoms with Gasteiger partial charge < -0.3 is 15.0 Å². The number of halogens is 1. The Hall–Kier alpha value is -1.51. The monoisotopic (exact) mass is 372 g/mol. The van der Waals surface area contributed by atoms with Gasteiger partial charge in [-0.2, -0.15) is 0 Å². The number of alkyl halides is 1. The first kappa shape index (κ1) is 16.9. The molecule has 1 aliphatic heterocycles. The Balaban J connectivity index is 1.79. The third-order valence-electron chi connectivity index (χ3n) is 3.61. The molecule has 0 radical (unpaired) electrons. The van der Waals surface area contributed by atoms with E-state index in [9.17, 15) is 14.9 Å². The van der Waals surface area contributed by atoms with Crippen molar-refractivity contribution in [2.24, 2.45) is 0 Å². The largest absolute Gasteiger partial charge is 0.459 e. The maximum atomic E-state index is 12.0. The summed E-state index contributed by atoms with van der Waals surface area (Å²) in [6.07, 6.45) is 0. The molecule has 22 heavy (non-hydrogen) atoms. The molecule has 0 aliphatic carbocycles. The fourth-order valence-electron chi connectivity index (χ4n) is 2.30. The van der Waals surface area contributed by atoms with Crippen LogP contribution in [0.1, 0.15) is 10.4 Å². The van der Waals surface area contributed by atoms with E-state index >= 15 is 0 Å². The number of carbonyl (C=O) groups excluding carboxylic acids is 1. The van der Waals surface area contributed by atoms with Crippen LogP contribution in [0.15, 0.2) is 24.3 Å². The Morgan fingerprint density at radius 3 is 2.59 bits per heavy atom. The molecular formula is C14H19BrN3O4+. The molecule has 7 nitrogen and oxygen atoms in total. The minimum Gasteiger partial charge on any atom is -0.459 e. The number of non-ortho nitro benzene ring substituents is 1. The van der Waals surface area contributed by atoms with Crippen LogP contribution in [0.2, 0.25) is 0 Å². The minimum atomic E-state index is -0.605.